The number of anilines is 2. The van der Waals surface area contributed by atoms with Gasteiger partial charge in [0.15, 0.2) is 0 Å². The normalized spacial score (nSPS) is 17.8. The van der Waals surface area contributed by atoms with Gasteiger partial charge in [-0.15, -0.1) is 0 Å². The molecule has 1 aliphatic heterocycles. The van der Waals surface area contributed by atoms with E-state index < -0.39 is 0 Å². The number of piperidine rings is 1. The molecule has 0 atom stereocenters. The van der Waals surface area contributed by atoms with Crippen LogP contribution in [0.25, 0.3) is 5.95 Å². The molecule has 0 aliphatic carbocycles. The molecule has 0 saturated carbocycles. The minimum absolute atomic E-state index is 0.260. The molecule has 0 radical (unpaired) electrons. The van der Waals surface area contributed by atoms with E-state index in [1.807, 2.05) is 0 Å². The number of imidazole rings is 1. The third-order valence-corrected chi connectivity index (χ3v) is 3.66. The van der Waals surface area contributed by atoms with E-state index in [0.29, 0.717) is 17.8 Å². The first-order valence-corrected chi connectivity index (χ1v) is 7.03. The van der Waals surface area contributed by atoms with Crippen LogP contribution in [0.3, 0.4) is 0 Å². The van der Waals surface area contributed by atoms with E-state index in [1.165, 1.54) is 6.42 Å². The topological polar surface area (TPSA) is 97.8 Å². The lowest BCUT2D eigenvalue weighted by molar-refractivity contribution is 0.291. The van der Waals surface area contributed by atoms with Crippen LogP contribution >= 0.6 is 0 Å². The summed E-state index contributed by atoms with van der Waals surface area (Å²) in [6.07, 6.45) is 7.47. The number of hydrazine groups is 1. The number of rotatable bonds is 3. The number of hydrogen-bond acceptors (Lipinski definition) is 7. The van der Waals surface area contributed by atoms with Gasteiger partial charge in [-0.2, -0.15) is 15.0 Å². The Morgan fingerprint density at radius 2 is 2.05 bits per heavy atom. The van der Waals surface area contributed by atoms with Crippen molar-refractivity contribution >= 4 is 11.9 Å². The van der Waals surface area contributed by atoms with Crippen LogP contribution in [-0.2, 0) is 0 Å². The number of aromatic nitrogens is 5. The first kappa shape index (κ1) is 13.7. The monoisotopic (exact) mass is 288 g/mol. The van der Waals surface area contributed by atoms with Gasteiger partial charge in [-0.25, -0.2) is 10.8 Å². The molecule has 2 aromatic rings. The Labute approximate surface area is 123 Å². The van der Waals surface area contributed by atoms with E-state index in [-0.39, 0.29) is 5.41 Å². The maximum Gasteiger partial charge on any atom is 0.243 e. The predicted octanol–water partition coefficient (Wildman–Crippen LogP) is 0.969. The molecule has 0 amide bonds. The van der Waals surface area contributed by atoms with Gasteiger partial charge in [0.05, 0.1) is 0 Å². The van der Waals surface area contributed by atoms with Gasteiger partial charge < -0.3 is 4.90 Å². The smallest absolute Gasteiger partial charge is 0.243 e. The van der Waals surface area contributed by atoms with Crippen LogP contribution in [0.5, 0.6) is 0 Å². The van der Waals surface area contributed by atoms with Crippen molar-refractivity contribution in [3.63, 3.8) is 0 Å². The molecule has 1 saturated heterocycles. The van der Waals surface area contributed by atoms with E-state index >= 15 is 0 Å². The Morgan fingerprint density at radius 3 is 2.71 bits per heavy atom. The second kappa shape index (κ2) is 5.28. The minimum atomic E-state index is 0.260. The Kier molecular flexibility index (Phi) is 3.46. The van der Waals surface area contributed by atoms with Crippen LogP contribution in [0.2, 0.25) is 0 Å². The molecule has 3 heterocycles. The van der Waals surface area contributed by atoms with Crippen molar-refractivity contribution in [2.75, 3.05) is 23.4 Å². The van der Waals surface area contributed by atoms with Crippen molar-refractivity contribution in [1.82, 2.24) is 24.5 Å². The highest BCUT2D eigenvalue weighted by atomic mass is 15.4. The zero-order chi connectivity index (χ0) is 14.9. The van der Waals surface area contributed by atoms with Gasteiger partial charge in [0, 0.05) is 25.5 Å². The maximum absolute atomic E-state index is 5.48. The lowest BCUT2D eigenvalue weighted by atomic mass is 9.84. The largest absolute Gasteiger partial charge is 0.340 e. The zero-order valence-electron chi connectivity index (χ0n) is 12.3. The van der Waals surface area contributed by atoms with E-state index in [2.05, 4.69) is 44.1 Å². The van der Waals surface area contributed by atoms with Gasteiger partial charge in [0.25, 0.3) is 0 Å². The molecule has 1 fully saturated rings. The summed E-state index contributed by atoms with van der Waals surface area (Å²) in [6, 6.07) is 0. The Balaban J connectivity index is 1.96. The Bertz CT molecular complexity index is 607. The third kappa shape index (κ3) is 2.94. The van der Waals surface area contributed by atoms with E-state index in [1.54, 1.807) is 23.3 Å². The summed E-state index contributed by atoms with van der Waals surface area (Å²) in [5, 5.41) is 0. The highest BCUT2D eigenvalue weighted by Gasteiger charge is 2.28. The zero-order valence-corrected chi connectivity index (χ0v) is 12.3. The summed E-state index contributed by atoms with van der Waals surface area (Å²) in [6.45, 7) is 6.39. The molecular weight excluding hydrogens is 268 g/mol. The van der Waals surface area contributed by atoms with Gasteiger partial charge in [0.1, 0.15) is 6.33 Å². The molecular formula is C13H20N8. The summed E-state index contributed by atoms with van der Waals surface area (Å²) in [4.78, 5) is 19.4. The standard InChI is InChI=1S/C13H20N8/c1-13(2)4-3-6-20(8-13)11-16-10(19-14)17-12(18-11)21-7-5-15-9-21/h5,7,9H,3-4,6,8,14H2,1-2H3,(H,16,17,18,19). The lowest BCUT2D eigenvalue weighted by Gasteiger charge is -2.38. The van der Waals surface area contributed by atoms with Crippen molar-refractivity contribution in [2.45, 2.75) is 26.7 Å². The Hall–Kier alpha value is -2.22. The predicted molar refractivity (Wildman–Crippen MR) is 80.0 cm³/mol. The summed E-state index contributed by atoms with van der Waals surface area (Å²) in [7, 11) is 0. The number of hydrogen-bond donors (Lipinski definition) is 2. The summed E-state index contributed by atoms with van der Waals surface area (Å²) < 4.78 is 1.74. The average molecular weight is 288 g/mol. The summed E-state index contributed by atoms with van der Waals surface area (Å²) >= 11 is 0. The molecule has 0 unspecified atom stereocenters. The number of nitrogens with one attached hydrogen (secondary N) is 1. The molecule has 8 heteroatoms. The van der Waals surface area contributed by atoms with Crippen LogP contribution in [0.15, 0.2) is 18.7 Å². The molecule has 0 bridgehead atoms. The first-order valence-electron chi connectivity index (χ1n) is 7.03. The van der Waals surface area contributed by atoms with Crippen molar-refractivity contribution < 1.29 is 0 Å². The highest BCUT2D eigenvalue weighted by molar-refractivity contribution is 5.40. The fourth-order valence-corrected chi connectivity index (χ4v) is 2.65. The van der Waals surface area contributed by atoms with Gasteiger partial charge >= 0.3 is 0 Å². The number of nitrogens with two attached hydrogens (primary N) is 1. The number of nitrogen functional groups attached to an aromatic ring is 1. The maximum atomic E-state index is 5.48. The van der Waals surface area contributed by atoms with Crippen LogP contribution in [0.1, 0.15) is 26.7 Å². The van der Waals surface area contributed by atoms with E-state index in [9.17, 15) is 0 Å². The van der Waals surface area contributed by atoms with Crippen molar-refractivity contribution in [3.05, 3.63) is 18.7 Å². The van der Waals surface area contributed by atoms with E-state index in [0.717, 1.165) is 19.5 Å². The molecule has 8 nitrogen and oxygen atoms in total. The van der Waals surface area contributed by atoms with Crippen LogP contribution < -0.4 is 16.2 Å². The SMILES string of the molecule is CC1(C)CCCN(c2nc(NN)nc(-n3ccnc3)n2)C1. The summed E-state index contributed by atoms with van der Waals surface area (Å²) in [5.41, 5.74) is 2.77. The molecule has 3 N–H and O–H groups in total. The van der Waals surface area contributed by atoms with Crippen molar-refractivity contribution in [3.8, 4) is 5.95 Å². The third-order valence-electron chi connectivity index (χ3n) is 3.66. The highest BCUT2D eigenvalue weighted by Crippen LogP contribution is 2.30. The van der Waals surface area contributed by atoms with Crippen LogP contribution in [-0.4, -0.2) is 37.6 Å². The summed E-state index contributed by atoms with van der Waals surface area (Å²) in [5.74, 6) is 6.99. The average Bonchev–Trinajstić information content (AvgIpc) is 3.00. The second-order valence-corrected chi connectivity index (χ2v) is 6.06. The van der Waals surface area contributed by atoms with Gasteiger partial charge in [-0.1, -0.05) is 13.8 Å². The van der Waals surface area contributed by atoms with Gasteiger partial charge in [0.2, 0.25) is 17.8 Å². The van der Waals surface area contributed by atoms with Crippen LogP contribution in [0.4, 0.5) is 11.9 Å². The quantitative estimate of drug-likeness (QED) is 0.641. The molecule has 0 spiro atoms. The second-order valence-electron chi connectivity index (χ2n) is 6.06. The molecule has 2 aromatic heterocycles. The molecule has 3 rings (SSSR count). The molecule has 21 heavy (non-hydrogen) atoms. The Morgan fingerprint density at radius 1 is 1.24 bits per heavy atom. The fourth-order valence-electron chi connectivity index (χ4n) is 2.65. The fraction of sp³-hybridized carbons (Fsp3) is 0.538. The first-order chi connectivity index (χ1) is 10.1. The van der Waals surface area contributed by atoms with Crippen molar-refractivity contribution in [2.24, 2.45) is 11.3 Å². The van der Waals surface area contributed by atoms with Crippen molar-refractivity contribution in [1.29, 1.82) is 0 Å². The van der Waals surface area contributed by atoms with Gasteiger partial charge in [-0.05, 0) is 18.3 Å². The van der Waals surface area contributed by atoms with E-state index in [4.69, 9.17) is 5.84 Å². The lowest BCUT2D eigenvalue weighted by Crippen LogP contribution is -2.41. The number of nitrogens with zero attached hydrogens (tertiary/aromatic N) is 6. The molecule has 0 aromatic carbocycles. The minimum Gasteiger partial charge on any atom is -0.340 e. The molecule has 112 valence electrons. The molecule has 1 aliphatic rings. The van der Waals surface area contributed by atoms with Gasteiger partial charge in [-0.3, -0.25) is 9.99 Å². The van der Waals surface area contributed by atoms with Crippen LogP contribution in [0, 0.1) is 5.41 Å².